The lowest BCUT2D eigenvalue weighted by Crippen LogP contribution is -2.20. The standard InChI is InChI=1S/C9H10N2O2S/c12-5-8-10-7-2-4-14-3-1-6(7)9(13)11-8/h5H,1-4H2,(H,10,11,13). The molecule has 0 fully saturated rings. The average molecular weight is 210 g/mol. The normalized spacial score (nSPS) is 15.7. The highest BCUT2D eigenvalue weighted by atomic mass is 32.2. The third-order valence-corrected chi connectivity index (χ3v) is 3.20. The summed E-state index contributed by atoms with van der Waals surface area (Å²) in [6.07, 6.45) is 2.12. The highest BCUT2D eigenvalue weighted by Gasteiger charge is 2.13. The van der Waals surface area contributed by atoms with Crippen molar-refractivity contribution >= 4 is 18.0 Å². The van der Waals surface area contributed by atoms with E-state index in [1.165, 1.54) is 0 Å². The van der Waals surface area contributed by atoms with Gasteiger partial charge in [-0.05, 0) is 24.3 Å². The Bertz CT molecular complexity index is 414. The molecule has 0 aliphatic carbocycles. The van der Waals surface area contributed by atoms with Crippen LogP contribution >= 0.6 is 11.8 Å². The van der Waals surface area contributed by atoms with Crippen LogP contribution in [0.25, 0.3) is 0 Å². The molecule has 1 N–H and O–H groups in total. The molecule has 74 valence electrons. The minimum Gasteiger partial charge on any atom is -0.304 e. The van der Waals surface area contributed by atoms with Gasteiger partial charge in [-0.1, -0.05) is 0 Å². The molecule has 2 rings (SSSR count). The Balaban J connectivity index is 2.54. The minimum absolute atomic E-state index is 0.139. The summed E-state index contributed by atoms with van der Waals surface area (Å²) in [5.41, 5.74) is 1.39. The second-order valence-electron chi connectivity index (χ2n) is 3.11. The smallest absolute Gasteiger partial charge is 0.254 e. The molecule has 0 amide bonds. The molecular weight excluding hydrogens is 200 g/mol. The van der Waals surface area contributed by atoms with Crippen molar-refractivity contribution in [3.8, 4) is 0 Å². The van der Waals surface area contributed by atoms with E-state index in [1.54, 1.807) is 0 Å². The van der Waals surface area contributed by atoms with E-state index in [9.17, 15) is 9.59 Å². The number of hydrogen-bond donors (Lipinski definition) is 1. The van der Waals surface area contributed by atoms with Gasteiger partial charge in [0.2, 0.25) is 0 Å². The Morgan fingerprint density at radius 2 is 2.14 bits per heavy atom. The van der Waals surface area contributed by atoms with E-state index in [-0.39, 0.29) is 11.4 Å². The molecule has 4 nitrogen and oxygen atoms in total. The fourth-order valence-electron chi connectivity index (χ4n) is 1.53. The van der Waals surface area contributed by atoms with Crippen molar-refractivity contribution in [2.75, 3.05) is 11.5 Å². The lowest BCUT2D eigenvalue weighted by atomic mass is 10.1. The topological polar surface area (TPSA) is 62.8 Å². The number of carbonyl (C=O) groups is 1. The third kappa shape index (κ3) is 1.72. The maximum Gasteiger partial charge on any atom is 0.254 e. The highest BCUT2D eigenvalue weighted by molar-refractivity contribution is 7.99. The molecule has 0 unspecified atom stereocenters. The zero-order chi connectivity index (χ0) is 9.97. The first kappa shape index (κ1) is 9.45. The molecule has 14 heavy (non-hydrogen) atoms. The van der Waals surface area contributed by atoms with Crippen LogP contribution in [0.2, 0.25) is 0 Å². The zero-order valence-electron chi connectivity index (χ0n) is 7.58. The predicted octanol–water partition coefficient (Wildman–Crippen LogP) is 0.414. The summed E-state index contributed by atoms with van der Waals surface area (Å²) >= 11 is 1.81. The first-order chi connectivity index (χ1) is 6.81. The summed E-state index contributed by atoms with van der Waals surface area (Å²) in [5, 5.41) is 0. The number of nitrogens with one attached hydrogen (secondary N) is 1. The van der Waals surface area contributed by atoms with Gasteiger partial charge in [0.15, 0.2) is 12.1 Å². The van der Waals surface area contributed by atoms with E-state index < -0.39 is 0 Å². The first-order valence-electron chi connectivity index (χ1n) is 4.46. The lowest BCUT2D eigenvalue weighted by molar-refractivity contribution is 0.111. The second kappa shape index (κ2) is 3.96. The van der Waals surface area contributed by atoms with E-state index in [4.69, 9.17) is 0 Å². The quantitative estimate of drug-likeness (QED) is 0.682. The van der Waals surface area contributed by atoms with Crippen molar-refractivity contribution in [2.24, 2.45) is 0 Å². The molecule has 1 aromatic rings. The fourth-order valence-corrected chi connectivity index (χ4v) is 2.42. The summed E-state index contributed by atoms with van der Waals surface area (Å²) in [7, 11) is 0. The number of nitrogens with zero attached hydrogens (tertiary/aromatic N) is 1. The summed E-state index contributed by atoms with van der Waals surface area (Å²) in [4.78, 5) is 28.6. The lowest BCUT2D eigenvalue weighted by Gasteiger charge is -2.02. The van der Waals surface area contributed by atoms with E-state index >= 15 is 0 Å². The number of carbonyl (C=O) groups excluding carboxylic acids is 1. The molecule has 1 aliphatic heterocycles. The number of fused-ring (bicyclic) bond motifs is 1. The van der Waals surface area contributed by atoms with Crippen molar-refractivity contribution in [3.63, 3.8) is 0 Å². The Hall–Kier alpha value is -1.10. The number of thioether (sulfide) groups is 1. The molecule has 0 saturated heterocycles. The van der Waals surface area contributed by atoms with Crippen LogP contribution in [-0.2, 0) is 12.8 Å². The Labute approximate surface area is 85.1 Å². The minimum atomic E-state index is -0.153. The average Bonchev–Trinajstić information content (AvgIpc) is 2.42. The molecule has 0 saturated carbocycles. The van der Waals surface area contributed by atoms with Gasteiger partial charge in [0.05, 0.1) is 5.69 Å². The Kier molecular flexibility index (Phi) is 2.67. The van der Waals surface area contributed by atoms with Gasteiger partial charge in [0, 0.05) is 5.56 Å². The molecule has 5 heteroatoms. The van der Waals surface area contributed by atoms with E-state index in [2.05, 4.69) is 9.97 Å². The van der Waals surface area contributed by atoms with E-state index in [0.717, 1.165) is 35.6 Å². The van der Waals surface area contributed by atoms with Crippen LogP contribution in [0, 0.1) is 0 Å². The Morgan fingerprint density at radius 3 is 2.93 bits per heavy atom. The van der Waals surface area contributed by atoms with Crippen molar-refractivity contribution in [2.45, 2.75) is 12.8 Å². The van der Waals surface area contributed by atoms with Gasteiger partial charge in [0.1, 0.15) is 0 Å². The van der Waals surface area contributed by atoms with E-state index in [0.29, 0.717) is 6.29 Å². The maximum absolute atomic E-state index is 11.5. The van der Waals surface area contributed by atoms with Crippen molar-refractivity contribution in [1.82, 2.24) is 9.97 Å². The number of aryl methyl sites for hydroxylation is 1. The molecule has 1 aliphatic rings. The molecule has 1 aromatic heterocycles. The van der Waals surface area contributed by atoms with Crippen molar-refractivity contribution in [3.05, 3.63) is 27.4 Å². The molecule has 0 spiro atoms. The molecular formula is C9H10N2O2S. The van der Waals surface area contributed by atoms with Crippen molar-refractivity contribution in [1.29, 1.82) is 0 Å². The predicted molar refractivity (Wildman–Crippen MR) is 55.0 cm³/mol. The van der Waals surface area contributed by atoms with Crippen LogP contribution in [0.4, 0.5) is 0 Å². The zero-order valence-corrected chi connectivity index (χ0v) is 8.39. The Morgan fingerprint density at radius 1 is 1.36 bits per heavy atom. The van der Waals surface area contributed by atoms with Crippen molar-refractivity contribution < 1.29 is 4.79 Å². The van der Waals surface area contributed by atoms with Gasteiger partial charge in [-0.25, -0.2) is 4.98 Å². The number of H-pyrrole nitrogens is 1. The number of aromatic amines is 1. The van der Waals surface area contributed by atoms with Gasteiger partial charge in [0.25, 0.3) is 5.56 Å². The summed E-state index contributed by atoms with van der Waals surface area (Å²) in [5.74, 6) is 2.07. The number of aromatic nitrogens is 2. The first-order valence-corrected chi connectivity index (χ1v) is 5.61. The molecule has 0 aromatic carbocycles. The second-order valence-corrected chi connectivity index (χ2v) is 4.33. The van der Waals surface area contributed by atoms with Gasteiger partial charge in [-0.2, -0.15) is 11.8 Å². The van der Waals surface area contributed by atoms with Crippen LogP contribution in [0.5, 0.6) is 0 Å². The summed E-state index contributed by atoms with van der Waals surface area (Å²) in [6, 6.07) is 0. The highest BCUT2D eigenvalue weighted by Crippen LogP contribution is 2.14. The number of rotatable bonds is 1. The molecule has 0 bridgehead atoms. The fraction of sp³-hybridized carbons (Fsp3) is 0.444. The van der Waals surface area contributed by atoms with Gasteiger partial charge in [-0.3, -0.25) is 9.59 Å². The largest absolute Gasteiger partial charge is 0.304 e. The molecule has 2 heterocycles. The van der Waals surface area contributed by atoms with Gasteiger partial charge in [-0.15, -0.1) is 0 Å². The van der Waals surface area contributed by atoms with Gasteiger partial charge < -0.3 is 4.98 Å². The SMILES string of the molecule is O=Cc1nc2c(c(=O)[nH]1)CCSCC2. The third-order valence-electron chi connectivity index (χ3n) is 2.21. The van der Waals surface area contributed by atoms with Crippen LogP contribution < -0.4 is 5.56 Å². The van der Waals surface area contributed by atoms with Crippen LogP contribution in [-0.4, -0.2) is 27.8 Å². The maximum atomic E-state index is 11.5. The summed E-state index contributed by atoms with van der Waals surface area (Å²) < 4.78 is 0. The van der Waals surface area contributed by atoms with E-state index in [1.807, 2.05) is 11.8 Å². The molecule has 0 radical (unpaired) electrons. The van der Waals surface area contributed by atoms with Crippen LogP contribution in [0.3, 0.4) is 0 Å². The van der Waals surface area contributed by atoms with Crippen LogP contribution in [0.1, 0.15) is 21.9 Å². The van der Waals surface area contributed by atoms with Gasteiger partial charge >= 0.3 is 0 Å². The number of hydrogen-bond acceptors (Lipinski definition) is 4. The monoisotopic (exact) mass is 210 g/mol. The molecule has 0 atom stereocenters. The van der Waals surface area contributed by atoms with Crippen LogP contribution in [0.15, 0.2) is 4.79 Å². The summed E-state index contributed by atoms with van der Waals surface area (Å²) in [6.45, 7) is 0. The number of aldehydes is 1.